The first-order valence-electron chi connectivity index (χ1n) is 20.0. The van der Waals surface area contributed by atoms with Crippen LogP contribution in [0.15, 0.2) is 42.5 Å². The number of aromatic carboxylic acids is 1. The van der Waals surface area contributed by atoms with Gasteiger partial charge in [-0.1, -0.05) is 65.0 Å². The van der Waals surface area contributed by atoms with Crippen molar-refractivity contribution < 1.29 is 18.3 Å². The number of nitrogens with zero attached hydrogens (tertiary/aromatic N) is 2. The Balaban J connectivity index is 1.04. The molecule has 2 unspecified atom stereocenters. The van der Waals surface area contributed by atoms with Gasteiger partial charge in [-0.3, -0.25) is 4.90 Å². The highest BCUT2D eigenvalue weighted by atomic mass is 32.2. The van der Waals surface area contributed by atoms with Gasteiger partial charge in [0, 0.05) is 31.2 Å². The van der Waals surface area contributed by atoms with Gasteiger partial charge in [-0.05, 0) is 146 Å². The smallest absolute Gasteiger partial charge is 0.335 e. The van der Waals surface area contributed by atoms with Crippen molar-refractivity contribution in [2.45, 2.75) is 123 Å². The number of hydrogen-bond donors (Lipinski definition) is 2. The molecule has 4 saturated carbocycles. The van der Waals surface area contributed by atoms with Crippen molar-refractivity contribution in [1.29, 1.82) is 0 Å². The second-order valence-corrected chi connectivity index (χ2v) is 21.5. The van der Waals surface area contributed by atoms with Crippen LogP contribution < -0.4 is 5.32 Å². The van der Waals surface area contributed by atoms with Crippen LogP contribution in [0.5, 0.6) is 0 Å². The zero-order valence-corrected chi connectivity index (χ0v) is 33.1. The maximum absolute atomic E-state index is 12.4. The van der Waals surface area contributed by atoms with E-state index >= 15 is 0 Å². The lowest BCUT2D eigenvalue weighted by Gasteiger charge is -2.72. The summed E-state index contributed by atoms with van der Waals surface area (Å²) in [7, 11) is -3.15. The standard InChI is InChI=1S/C43H63N3O4S/c1-27(2)31-15-20-43(44-23-24-45-26-30-25-36(45)46(30)51(8,49)50)22-21-41(6)33(37(31)43)13-14-35-40(5)18-16-32(28-9-11-29(12-10-28)38(47)48)39(3,4)34(40)17-19-42(35,41)7/h9-12,16,30-31,33-37,44H,1,13-15,17-26H2,2-8H3,(H,47,48)/t30?,31-,33+,34-,35+,36?,37+,40-,41+,42+,43-/m0/s1. The Morgan fingerprint density at radius 3 is 2.33 bits per heavy atom. The third-order valence-corrected chi connectivity index (χ3v) is 18.7. The Hall–Kier alpha value is -2.00. The van der Waals surface area contributed by atoms with E-state index in [1.807, 2.05) is 12.1 Å². The van der Waals surface area contributed by atoms with Gasteiger partial charge in [-0.15, -0.1) is 0 Å². The second kappa shape index (κ2) is 11.7. The fourth-order valence-electron chi connectivity index (χ4n) is 14.9. The summed E-state index contributed by atoms with van der Waals surface area (Å²) in [5.41, 5.74) is 5.19. The summed E-state index contributed by atoms with van der Waals surface area (Å²) in [4.78, 5) is 14.0. The van der Waals surface area contributed by atoms with Gasteiger partial charge in [0.05, 0.1) is 18.0 Å². The van der Waals surface area contributed by atoms with E-state index in [-0.39, 0.29) is 39.4 Å². The Morgan fingerprint density at radius 1 is 0.961 bits per heavy atom. The van der Waals surface area contributed by atoms with Crippen LogP contribution in [0.3, 0.4) is 0 Å². The van der Waals surface area contributed by atoms with Crippen LogP contribution in [0.4, 0.5) is 0 Å². The lowest BCUT2D eigenvalue weighted by atomic mass is 9.33. The molecule has 9 rings (SSSR count). The fraction of sp³-hybridized carbons (Fsp3) is 0.744. The molecule has 51 heavy (non-hydrogen) atoms. The topological polar surface area (TPSA) is 90.0 Å². The van der Waals surface area contributed by atoms with Crippen LogP contribution in [0, 0.1) is 51.2 Å². The number of rotatable bonds is 8. The molecule has 2 N–H and O–H groups in total. The molecule has 0 spiro atoms. The van der Waals surface area contributed by atoms with E-state index in [4.69, 9.17) is 0 Å². The second-order valence-electron chi connectivity index (χ2n) is 19.7. The molecular weight excluding hydrogens is 655 g/mol. The molecule has 3 saturated heterocycles. The highest BCUT2D eigenvalue weighted by Crippen LogP contribution is 2.76. The van der Waals surface area contributed by atoms with E-state index in [9.17, 15) is 18.3 Å². The molecule has 7 fully saturated rings. The van der Waals surface area contributed by atoms with Gasteiger partial charge < -0.3 is 10.4 Å². The van der Waals surface area contributed by atoms with Gasteiger partial charge in [0.15, 0.2) is 0 Å². The zero-order valence-electron chi connectivity index (χ0n) is 32.3. The average Bonchev–Trinajstić information content (AvgIpc) is 3.73. The monoisotopic (exact) mass is 717 g/mol. The van der Waals surface area contributed by atoms with Crippen molar-refractivity contribution in [3.05, 3.63) is 53.6 Å². The van der Waals surface area contributed by atoms with Crippen molar-refractivity contribution in [3.8, 4) is 0 Å². The molecule has 1 aromatic carbocycles. The summed E-state index contributed by atoms with van der Waals surface area (Å²) in [6.07, 6.45) is 16.1. The SMILES string of the molecule is C=C(C)[C@@H]1CC[C@]2(NCCN3CC4CC3N4S(C)(=O)=O)CC[C@]3(C)[C@H](CC[C@@H]4[C@@]5(C)CC=C(c6ccc(C(=O)O)cc6)C(C)(C)[C@@H]5CC[C@]43C)[C@@H]12. The van der Waals surface area contributed by atoms with Crippen LogP contribution in [0.2, 0.25) is 0 Å². The van der Waals surface area contributed by atoms with Crippen LogP contribution in [0.1, 0.15) is 122 Å². The molecular formula is C43H63N3O4S. The molecule has 3 aliphatic heterocycles. The minimum absolute atomic E-state index is 0.00708. The number of nitrogens with one attached hydrogen (secondary N) is 1. The molecule has 2 bridgehead atoms. The summed E-state index contributed by atoms with van der Waals surface area (Å²) in [6.45, 7) is 22.6. The Morgan fingerprint density at radius 2 is 1.69 bits per heavy atom. The quantitative estimate of drug-likeness (QED) is 0.265. The van der Waals surface area contributed by atoms with Crippen molar-refractivity contribution >= 4 is 21.6 Å². The molecule has 8 heteroatoms. The highest BCUT2D eigenvalue weighted by molar-refractivity contribution is 7.88. The summed E-state index contributed by atoms with van der Waals surface area (Å²) >= 11 is 0. The molecule has 11 atom stereocenters. The fourth-order valence-corrected chi connectivity index (χ4v) is 16.3. The predicted octanol–water partition coefficient (Wildman–Crippen LogP) is 8.05. The van der Waals surface area contributed by atoms with E-state index < -0.39 is 16.0 Å². The average molecular weight is 718 g/mol. The molecule has 5 aliphatic carbocycles. The van der Waals surface area contributed by atoms with E-state index in [0.717, 1.165) is 32.5 Å². The lowest BCUT2D eigenvalue weighted by molar-refractivity contribution is -0.219. The predicted molar refractivity (Wildman–Crippen MR) is 204 cm³/mol. The zero-order chi connectivity index (χ0) is 36.5. The van der Waals surface area contributed by atoms with Gasteiger partial charge in [0.2, 0.25) is 10.0 Å². The number of allylic oxidation sites excluding steroid dienone is 3. The lowest BCUT2D eigenvalue weighted by Crippen LogP contribution is -2.68. The molecule has 3 heterocycles. The number of fused-ring (bicyclic) bond motifs is 8. The van der Waals surface area contributed by atoms with Crippen molar-refractivity contribution in [2.75, 3.05) is 25.9 Å². The first kappa shape index (κ1) is 36.0. The van der Waals surface area contributed by atoms with Crippen LogP contribution in [0.25, 0.3) is 5.57 Å². The van der Waals surface area contributed by atoms with Gasteiger partial charge in [0.25, 0.3) is 0 Å². The third kappa shape index (κ3) is 5.04. The first-order valence-corrected chi connectivity index (χ1v) is 21.9. The Kier molecular flexibility index (Phi) is 8.29. The van der Waals surface area contributed by atoms with Crippen molar-refractivity contribution in [3.63, 3.8) is 0 Å². The molecule has 1 aromatic rings. The van der Waals surface area contributed by atoms with Crippen molar-refractivity contribution in [2.24, 2.45) is 51.2 Å². The summed E-state index contributed by atoms with van der Waals surface area (Å²) in [5.74, 6) is 2.20. The summed E-state index contributed by atoms with van der Waals surface area (Å²) in [5, 5.41) is 13.7. The Bertz CT molecular complexity index is 1750. The van der Waals surface area contributed by atoms with Gasteiger partial charge in [0.1, 0.15) is 0 Å². The molecule has 0 radical (unpaired) electrons. The van der Waals surface area contributed by atoms with Gasteiger partial charge >= 0.3 is 5.97 Å². The van der Waals surface area contributed by atoms with Gasteiger partial charge in [-0.2, -0.15) is 4.31 Å². The molecule has 8 aliphatic rings. The van der Waals surface area contributed by atoms with Crippen LogP contribution in [-0.2, 0) is 10.0 Å². The van der Waals surface area contributed by atoms with E-state index in [1.165, 1.54) is 74.3 Å². The normalized spacial score (nSPS) is 44.4. The number of benzene rings is 1. The molecule has 280 valence electrons. The number of sulfonamides is 1. The first-order chi connectivity index (χ1) is 23.9. The largest absolute Gasteiger partial charge is 0.478 e. The number of carboxylic acid groups (broad SMARTS) is 1. The Labute approximate surface area is 307 Å². The summed E-state index contributed by atoms with van der Waals surface area (Å²) in [6, 6.07) is 7.75. The summed E-state index contributed by atoms with van der Waals surface area (Å²) < 4.78 is 26.5. The third-order valence-electron chi connectivity index (χ3n) is 17.3. The van der Waals surface area contributed by atoms with E-state index in [1.54, 1.807) is 16.4 Å². The van der Waals surface area contributed by atoms with Gasteiger partial charge in [-0.25, -0.2) is 13.2 Å². The molecule has 7 nitrogen and oxygen atoms in total. The minimum Gasteiger partial charge on any atom is -0.478 e. The number of hydrogen-bond acceptors (Lipinski definition) is 5. The van der Waals surface area contributed by atoms with E-state index in [0.29, 0.717) is 35.2 Å². The molecule has 0 aromatic heterocycles. The minimum atomic E-state index is -3.15. The van der Waals surface area contributed by atoms with Crippen LogP contribution in [-0.4, -0.2) is 72.3 Å². The van der Waals surface area contributed by atoms with Crippen LogP contribution >= 0.6 is 0 Å². The van der Waals surface area contributed by atoms with Crippen molar-refractivity contribution in [1.82, 2.24) is 14.5 Å². The maximum atomic E-state index is 12.4. The number of carbonyl (C=O) groups is 1. The number of carboxylic acids is 1. The maximum Gasteiger partial charge on any atom is 0.335 e. The molecule has 0 amide bonds. The highest BCUT2D eigenvalue weighted by Gasteiger charge is 2.70. The van der Waals surface area contributed by atoms with E-state index in [2.05, 4.69) is 64.4 Å².